The summed E-state index contributed by atoms with van der Waals surface area (Å²) >= 11 is 9.65. The summed E-state index contributed by atoms with van der Waals surface area (Å²) in [6, 6.07) is 6.29. The molecule has 0 radical (unpaired) electrons. The van der Waals surface area contributed by atoms with Gasteiger partial charge in [0.15, 0.2) is 0 Å². The predicted octanol–water partition coefficient (Wildman–Crippen LogP) is 3.04. The summed E-state index contributed by atoms with van der Waals surface area (Å²) in [5, 5.41) is 0.772. The summed E-state index contributed by atoms with van der Waals surface area (Å²) < 4.78 is 6.55. The maximum atomic E-state index is 6.07. The van der Waals surface area contributed by atoms with E-state index in [1.807, 2.05) is 18.2 Å². The second kappa shape index (κ2) is 7.04. The standard InChI is InChI=1S/C14H20BrClN2O/c1-19-13-4-5-18(12(7-13)8-17)9-10-6-11(16)2-3-14(10)15/h2-3,6,12-13H,4-5,7-9,17H2,1H3. The van der Waals surface area contributed by atoms with Gasteiger partial charge in [-0.15, -0.1) is 0 Å². The molecule has 0 saturated carbocycles. The highest BCUT2D eigenvalue weighted by atomic mass is 79.9. The molecule has 2 atom stereocenters. The van der Waals surface area contributed by atoms with E-state index in [0.29, 0.717) is 18.7 Å². The molecule has 5 heteroatoms. The first-order valence-electron chi connectivity index (χ1n) is 6.55. The Morgan fingerprint density at radius 3 is 3.00 bits per heavy atom. The van der Waals surface area contributed by atoms with E-state index >= 15 is 0 Å². The van der Waals surface area contributed by atoms with Gasteiger partial charge in [0.05, 0.1) is 6.10 Å². The van der Waals surface area contributed by atoms with E-state index < -0.39 is 0 Å². The molecule has 0 amide bonds. The van der Waals surface area contributed by atoms with Crippen LogP contribution >= 0.6 is 27.5 Å². The number of hydrogen-bond donors (Lipinski definition) is 1. The molecular weight excluding hydrogens is 328 g/mol. The SMILES string of the molecule is COC1CCN(Cc2cc(Cl)ccc2Br)C(CN)C1. The Balaban J connectivity index is 2.07. The first kappa shape index (κ1) is 15.3. The smallest absolute Gasteiger partial charge is 0.0599 e. The van der Waals surface area contributed by atoms with Gasteiger partial charge in [-0.1, -0.05) is 27.5 Å². The Hall–Kier alpha value is -0.130. The van der Waals surface area contributed by atoms with Gasteiger partial charge >= 0.3 is 0 Å². The Morgan fingerprint density at radius 2 is 2.32 bits per heavy atom. The highest BCUT2D eigenvalue weighted by Gasteiger charge is 2.27. The molecule has 2 rings (SSSR count). The third-order valence-corrected chi connectivity index (χ3v) is 4.78. The van der Waals surface area contributed by atoms with Crippen LogP contribution in [0, 0.1) is 0 Å². The molecule has 2 N–H and O–H groups in total. The lowest BCUT2D eigenvalue weighted by molar-refractivity contribution is 0.0101. The lowest BCUT2D eigenvalue weighted by Crippen LogP contribution is -2.48. The highest BCUT2D eigenvalue weighted by Crippen LogP contribution is 2.26. The van der Waals surface area contributed by atoms with Crippen LogP contribution in [0.2, 0.25) is 5.02 Å². The van der Waals surface area contributed by atoms with Crippen LogP contribution in [-0.4, -0.2) is 37.2 Å². The molecule has 0 aromatic heterocycles. The van der Waals surface area contributed by atoms with E-state index in [4.69, 9.17) is 22.1 Å². The topological polar surface area (TPSA) is 38.5 Å². The zero-order valence-electron chi connectivity index (χ0n) is 11.1. The average molecular weight is 348 g/mol. The fourth-order valence-electron chi connectivity index (χ4n) is 2.61. The third-order valence-electron chi connectivity index (χ3n) is 3.78. The number of halogens is 2. The molecule has 19 heavy (non-hydrogen) atoms. The summed E-state index contributed by atoms with van der Waals surface area (Å²) in [6.45, 7) is 2.55. The number of hydrogen-bond acceptors (Lipinski definition) is 3. The summed E-state index contributed by atoms with van der Waals surface area (Å²) in [6.07, 6.45) is 2.41. The molecule has 1 aromatic rings. The molecule has 1 heterocycles. The van der Waals surface area contributed by atoms with Crippen molar-refractivity contribution in [2.75, 3.05) is 20.2 Å². The first-order chi connectivity index (χ1) is 9.13. The first-order valence-corrected chi connectivity index (χ1v) is 7.72. The van der Waals surface area contributed by atoms with Crippen molar-refractivity contribution in [2.24, 2.45) is 5.73 Å². The lowest BCUT2D eigenvalue weighted by atomic mass is 9.98. The number of ether oxygens (including phenoxy) is 1. The Bertz CT molecular complexity index is 430. The molecule has 1 saturated heterocycles. The van der Waals surface area contributed by atoms with Gasteiger partial charge < -0.3 is 10.5 Å². The molecule has 1 aliphatic heterocycles. The number of nitrogens with zero attached hydrogens (tertiary/aromatic N) is 1. The predicted molar refractivity (Wildman–Crippen MR) is 82.4 cm³/mol. The van der Waals surface area contributed by atoms with Crippen LogP contribution in [0.25, 0.3) is 0 Å². The van der Waals surface area contributed by atoms with Gasteiger partial charge in [-0.05, 0) is 36.6 Å². The Labute approximate surface area is 128 Å². The van der Waals surface area contributed by atoms with E-state index in [9.17, 15) is 0 Å². The fraction of sp³-hybridized carbons (Fsp3) is 0.571. The molecule has 1 aliphatic rings. The maximum Gasteiger partial charge on any atom is 0.0599 e. The molecule has 0 bridgehead atoms. The average Bonchev–Trinajstić information content (AvgIpc) is 2.43. The number of benzene rings is 1. The van der Waals surface area contributed by atoms with Crippen LogP contribution in [-0.2, 0) is 11.3 Å². The molecule has 0 spiro atoms. The van der Waals surface area contributed by atoms with Gasteiger partial charge in [0.1, 0.15) is 0 Å². The molecular formula is C14H20BrClN2O. The van der Waals surface area contributed by atoms with Gasteiger partial charge in [0.25, 0.3) is 0 Å². The van der Waals surface area contributed by atoms with Gasteiger partial charge in [-0.2, -0.15) is 0 Å². The summed E-state index contributed by atoms with van der Waals surface area (Å²) in [7, 11) is 1.78. The number of rotatable bonds is 4. The van der Waals surface area contributed by atoms with Crippen LogP contribution in [0.4, 0.5) is 0 Å². The van der Waals surface area contributed by atoms with Gasteiger partial charge in [0.2, 0.25) is 0 Å². The Kier molecular flexibility index (Phi) is 5.66. The van der Waals surface area contributed by atoms with Crippen molar-refractivity contribution in [3.63, 3.8) is 0 Å². The number of piperidine rings is 1. The quantitative estimate of drug-likeness (QED) is 0.910. The summed E-state index contributed by atoms with van der Waals surface area (Å²) in [5.74, 6) is 0. The van der Waals surface area contributed by atoms with Crippen LogP contribution in [0.1, 0.15) is 18.4 Å². The van der Waals surface area contributed by atoms with Gasteiger partial charge in [-0.25, -0.2) is 0 Å². The highest BCUT2D eigenvalue weighted by molar-refractivity contribution is 9.10. The normalized spacial score (nSPS) is 24.6. The molecule has 3 nitrogen and oxygen atoms in total. The minimum Gasteiger partial charge on any atom is -0.381 e. The fourth-order valence-corrected chi connectivity index (χ4v) is 3.18. The minimum absolute atomic E-state index is 0.340. The number of nitrogens with two attached hydrogens (primary N) is 1. The van der Waals surface area contributed by atoms with Crippen LogP contribution < -0.4 is 5.73 Å². The molecule has 0 aliphatic carbocycles. The van der Waals surface area contributed by atoms with Crippen molar-refractivity contribution in [1.82, 2.24) is 4.90 Å². The zero-order chi connectivity index (χ0) is 13.8. The molecule has 2 unspecified atom stereocenters. The zero-order valence-corrected chi connectivity index (χ0v) is 13.5. The molecule has 106 valence electrons. The minimum atomic E-state index is 0.340. The van der Waals surface area contributed by atoms with E-state index in [0.717, 1.165) is 35.4 Å². The number of likely N-dealkylation sites (tertiary alicyclic amines) is 1. The van der Waals surface area contributed by atoms with Crippen molar-refractivity contribution in [3.8, 4) is 0 Å². The molecule has 1 aromatic carbocycles. The Morgan fingerprint density at radius 1 is 1.53 bits per heavy atom. The monoisotopic (exact) mass is 346 g/mol. The van der Waals surface area contributed by atoms with Crippen molar-refractivity contribution in [3.05, 3.63) is 33.3 Å². The second-order valence-corrected chi connectivity index (χ2v) is 6.27. The lowest BCUT2D eigenvalue weighted by Gasteiger charge is -2.38. The van der Waals surface area contributed by atoms with E-state index in [1.54, 1.807) is 7.11 Å². The third kappa shape index (κ3) is 3.92. The van der Waals surface area contributed by atoms with Crippen LogP contribution in [0.5, 0.6) is 0 Å². The largest absolute Gasteiger partial charge is 0.381 e. The van der Waals surface area contributed by atoms with Crippen LogP contribution in [0.3, 0.4) is 0 Å². The number of methoxy groups -OCH3 is 1. The summed E-state index contributed by atoms with van der Waals surface area (Å²) in [5.41, 5.74) is 7.11. The summed E-state index contributed by atoms with van der Waals surface area (Å²) in [4.78, 5) is 2.42. The molecule has 1 fully saturated rings. The van der Waals surface area contributed by atoms with Crippen molar-refractivity contribution >= 4 is 27.5 Å². The van der Waals surface area contributed by atoms with Gasteiger partial charge in [0, 0.05) is 42.3 Å². The van der Waals surface area contributed by atoms with Crippen molar-refractivity contribution in [2.45, 2.75) is 31.5 Å². The van der Waals surface area contributed by atoms with Gasteiger partial charge in [-0.3, -0.25) is 4.90 Å². The van der Waals surface area contributed by atoms with Crippen molar-refractivity contribution < 1.29 is 4.74 Å². The maximum absolute atomic E-state index is 6.07. The van der Waals surface area contributed by atoms with Crippen LogP contribution in [0.15, 0.2) is 22.7 Å². The van der Waals surface area contributed by atoms with Crippen molar-refractivity contribution in [1.29, 1.82) is 0 Å². The van der Waals surface area contributed by atoms with E-state index in [1.165, 1.54) is 5.56 Å². The second-order valence-electron chi connectivity index (χ2n) is 4.98. The van der Waals surface area contributed by atoms with E-state index in [2.05, 4.69) is 20.8 Å². The van der Waals surface area contributed by atoms with E-state index in [-0.39, 0.29) is 0 Å².